The highest BCUT2D eigenvalue weighted by atomic mass is 19.1. The van der Waals surface area contributed by atoms with Crippen LogP contribution in [0, 0.1) is 76.7 Å². The van der Waals surface area contributed by atoms with Crippen molar-refractivity contribution in [2.24, 2.45) is 45.6 Å². The molecule has 14 nitrogen and oxygen atoms in total. The van der Waals surface area contributed by atoms with Gasteiger partial charge in [-0.05, 0) is 172 Å². The number of dihydropyridines is 1. The molecular weight excluding hydrogens is 1110 g/mol. The predicted molar refractivity (Wildman–Crippen MR) is 359 cm³/mol. The van der Waals surface area contributed by atoms with Crippen molar-refractivity contribution in [3.63, 3.8) is 0 Å². The third-order valence-corrected chi connectivity index (χ3v) is 15.7. The Kier molecular flexibility index (Phi) is 22.9. The van der Waals surface area contributed by atoms with E-state index in [0.29, 0.717) is 29.2 Å². The quantitative estimate of drug-likeness (QED) is 0.119. The van der Waals surface area contributed by atoms with E-state index in [-0.39, 0.29) is 17.3 Å². The molecule has 3 aromatic carbocycles. The van der Waals surface area contributed by atoms with Gasteiger partial charge in [-0.25, -0.2) is 28.7 Å². The molecule has 460 valence electrons. The highest BCUT2D eigenvalue weighted by molar-refractivity contribution is 6.04. The van der Waals surface area contributed by atoms with Crippen LogP contribution in [0.1, 0.15) is 131 Å². The maximum absolute atomic E-state index is 15.0. The van der Waals surface area contributed by atoms with Crippen LogP contribution in [-0.4, -0.2) is 76.8 Å². The average Bonchev–Trinajstić information content (AvgIpc) is 2.68. The van der Waals surface area contributed by atoms with Gasteiger partial charge in [-0.15, -0.1) is 0 Å². The zero-order valence-corrected chi connectivity index (χ0v) is 53.6. The minimum atomic E-state index is -1.11. The minimum Gasteiger partial charge on any atom is -0.397 e. The lowest BCUT2D eigenvalue weighted by Gasteiger charge is -2.20. The van der Waals surface area contributed by atoms with E-state index in [1.165, 1.54) is 36.9 Å². The van der Waals surface area contributed by atoms with Crippen LogP contribution in [0.5, 0.6) is 0 Å². The van der Waals surface area contributed by atoms with Gasteiger partial charge < -0.3 is 35.5 Å². The zero-order valence-electron chi connectivity index (χ0n) is 53.6. The van der Waals surface area contributed by atoms with Gasteiger partial charge in [0.05, 0.1) is 64.2 Å². The van der Waals surface area contributed by atoms with E-state index in [2.05, 4.69) is 164 Å². The molecule has 6 N–H and O–H groups in total. The number of halogens is 2. The fraction of sp³-hybridized carbons (Fsp3) is 0.356. The summed E-state index contributed by atoms with van der Waals surface area (Å²) in [6.45, 7) is 28.0. The van der Waals surface area contributed by atoms with Crippen molar-refractivity contribution in [1.82, 2.24) is 38.2 Å². The number of hydrogen-bond acceptors (Lipinski definition) is 10. The van der Waals surface area contributed by atoms with Crippen LogP contribution in [0.15, 0.2) is 126 Å². The molecule has 8 heterocycles. The molecule has 0 saturated heterocycles. The first-order valence-corrected chi connectivity index (χ1v) is 30.4. The van der Waals surface area contributed by atoms with Crippen LogP contribution in [0.25, 0.3) is 45.9 Å². The van der Waals surface area contributed by atoms with Gasteiger partial charge in [-0.1, -0.05) is 79.7 Å². The summed E-state index contributed by atoms with van der Waals surface area (Å²) in [6, 6.07) is 15.4. The molecule has 2 atom stereocenters. The summed E-state index contributed by atoms with van der Waals surface area (Å²) in [4.78, 5) is 27.3. The molecule has 0 fully saturated rings. The molecule has 0 radical (unpaired) electrons. The van der Waals surface area contributed by atoms with Crippen molar-refractivity contribution < 1.29 is 8.78 Å². The van der Waals surface area contributed by atoms with E-state index in [1.807, 2.05) is 73.2 Å². The summed E-state index contributed by atoms with van der Waals surface area (Å²) in [5, 5.41) is 9.87. The number of imidazole rings is 4. The van der Waals surface area contributed by atoms with E-state index >= 15 is 0 Å². The lowest BCUT2D eigenvalue weighted by atomic mass is 9.84. The molecule has 4 aliphatic heterocycles. The Morgan fingerprint density at radius 3 is 2.03 bits per heavy atom. The number of allylic oxidation sites excluding steroid dienone is 2. The monoisotopic (exact) mass is 1190 g/mol. The number of rotatable bonds is 9. The lowest BCUT2D eigenvalue weighted by Crippen LogP contribution is -2.25. The van der Waals surface area contributed by atoms with Crippen molar-refractivity contribution in [3.8, 4) is 75.8 Å². The van der Waals surface area contributed by atoms with E-state index in [1.54, 1.807) is 31.5 Å². The summed E-state index contributed by atoms with van der Waals surface area (Å²) in [7, 11) is 4.92. The third-order valence-electron chi connectivity index (χ3n) is 15.7. The molecule has 2 unspecified atom stereocenters. The summed E-state index contributed by atoms with van der Waals surface area (Å²) in [6.07, 6.45) is 23.6. The molecule has 4 aromatic heterocycles. The first-order valence-electron chi connectivity index (χ1n) is 30.4. The number of hydrogen-bond donors (Lipinski definition) is 3. The Morgan fingerprint density at radius 1 is 0.798 bits per heavy atom. The Morgan fingerprint density at radius 2 is 1.45 bits per heavy atom. The van der Waals surface area contributed by atoms with Crippen LogP contribution in [-0.2, 0) is 44.9 Å². The number of aliphatic imine (C=N–C) groups is 2. The zero-order chi connectivity index (χ0) is 64.6. The molecule has 0 bridgehead atoms. The van der Waals surface area contributed by atoms with E-state index in [0.717, 1.165) is 139 Å². The van der Waals surface area contributed by atoms with E-state index < -0.39 is 16.6 Å². The van der Waals surface area contributed by atoms with Crippen molar-refractivity contribution in [2.75, 3.05) is 27.2 Å². The maximum Gasteiger partial charge on any atom is 0.156 e. The largest absolute Gasteiger partial charge is 0.397 e. The molecule has 4 aliphatic rings. The average molecular weight is 1200 g/mol. The number of nitriles is 1. The topological polar surface area (TPSA) is 198 Å². The summed E-state index contributed by atoms with van der Waals surface area (Å²) < 4.78 is 38.0. The first kappa shape index (κ1) is 67.1. The fourth-order valence-corrected chi connectivity index (χ4v) is 10.6. The third kappa shape index (κ3) is 16.2. The van der Waals surface area contributed by atoms with Gasteiger partial charge in [-0.2, -0.15) is 5.26 Å². The molecule has 11 rings (SSSR count). The van der Waals surface area contributed by atoms with Crippen LogP contribution < -0.4 is 17.2 Å². The summed E-state index contributed by atoms with van der Waals surface area (Å²) >= 11 is 0. The molecular formula is C73H84F2N14. The molecule has 0 saturated carbocycles. The van der Waals surface area contributed by atoms with Gasteiger partial charge in [0.2, 0.25) is 0 Å². The van der Waals surface area contributed by atoms with Crippen molar-refractivity contribution in [1.29, 1.82) is 5.26 Å². The van der Waals surface area contributed by atoms with Gasteiger partial charge in [0.1, 0.15) is 34.8 Å². The Labute approximate surface area is 525 Å². The number of benzene rings is 3. The van der Waals surface area contributed by atoms with Gasteiger partial charge >= 0.3 is 0 Å². The van der Waals surface area contributed by atoms with Crippen LogP contribution in [0.4, 0.5) is 8.78 Å². The summed E-state index contributed by atoms with van der Waals surface area (Å²) in [5.74, 6) is 20.9. The second-order valence-corrected chi connectivity index (χ2v) is 22.9. The standard InChI is InChI=1S/C26H26FN5.C23H23FN4.C22H25N3.2CH5N/c1-4-18-8-10-30-24(12-18)26(3,16-28)9-7-20-13-21-19(14-22(20)27)6-5-11-32-15-23(17(2)29)31-25(21)32;1-5-18-13-28-10-6-7-16-12-20(24)17(11-19(16)22(28)26-18)8-9-23(2,3)21-14-27(4)15-25-21;1-5-11-25-12-10-23-22(25)20-14-19(8-6-17(20)3)9-7-18(4)21-13-16(2)15-24-21;2*1-2/h12-15H,2,4-6,8,10-11,29H2,1,3H3;5,11-15H,1,6-7,10H2,2-4H3;6,8,10,12-14,18H,5,11,15H2,1-4H3;2*2H2,1H3. The molecule has 0 aliphatic carbocycles. The Hall–Kier alpha value is -9.45. The second kappa shape index (κ2) is 30.5. The molecule has 89 heavy (non-hydrogen) atoms. The number of aromatic nitrogens is 8. The van der Waals surface area contributed by atoms with Crippen LogP contribution >= 0.6 is 0 Å². The number of fused-ring (bicyclic) bond motifs is 6. The number of aryl methyl sites for hydroxylation is 7. The Bertz CT molecular complexity index is 4110. The minimum absolute atomic E-state index is 0.157. The number of nitrogens with zero attached hydrogens (tertiary/aromatic N) is 11. The van der Waals surface area contributed by atoms with Gasteiger partial charge in [0, 0.05) is 92.2 Å². The van der Waals surface area contributed by atoms with Crippen molar-refractivity contribution in [3.05, 3.63) is 178 Å². The second-order valence-electron chi connectivity index (χ2n) is 22.9. The van der Waals surface area contributed by atoms with Crippen molar-refractivity contribution in [2.45, 2.75) is 125 Å². The molecule has 0 amide bonds. The molecule has 16 heteroatoms. The smallest absolute Gasteiger partial charge is 0.156 e. The SMILES string of the molecule is C=C(N)c1cn2c(n1)-c1cc(C#CC(C)(C#N)C3=NCCC(CC)=C3)c(F)cc1CCC2.C=Cc1cn2c(n1)-c1cc(C#CC(C)(C)c3cn(C)cn3)c(F)cc1CCC2.CCCn1ccnc1-c1cc(C#CC(C)C2=NCC(C)=C2)ccc1C.CN.CN. The van der Waals surface area contributed by atoms with E-state index in [4.69, 9.17) is 5.73 Å². The normalized spacial score (nSPS) is 14.4. The maximum atomic E-state index is 15.0. The fourth-order valence-electron chi connectivity index (χ4n) is 10.6. The first-order chi connectivity index (χ1) is 42.8. The van der Waals surface area contributed by atoms with Crippen molar-refractivity contribution >= 4 is 23.2 Å². The molecule has 7 aromatic rings. The number of nitrogens with two attached hydrogens (primary N) is 3. The van der Waals surface area contributed by atoms with Crippen LogP contribution in [0.3, 0.4) is 0 Å². The lowest BCUT2D eigenvalue weighted by molar-refractivity contribution is 0.619. The van der Waals surface area contributed by atoms with E-state index in [9.17, 15) is 14.0 Å². The van der Waals surface area contributed by atoms with Gasteiger partial charge in [0.15, 0.2) is 5.41 Å². The van der Waals surface area contributed by atoms with Gasteiger partial charge in [0.25, 0.3) is 0 Å². The predicted octanol–water partition coefficient (Wildman–Crippen LogP) is 12.8. The summed E-state index contributed by atoms with van der Waals surface area (Å²) in [5.41, 5.74) is 28.0. The highest BCUT2D eigenvalue weighted by Crippen LogP contribution is 2.34. The van der Waals surface area contributed by atoms with Crippen LogP contribution in [0.2, 0.25) is 0 Å². The van der Waals surface area contributed by atoms with Gasteiger partial charge in [-0.3, -0.25) is 9.98 Å². The Balaban J connectivity index is 0.000000186. The highest BCUT2D eigenvalue weighted by Gasteiger charge is 2.30. The molecule has 0 spiro atoms.